The summed E-state index contributed by atoms with van der Waals surface area (Å²) in [5.74, 6) is -0.696. The van der Waals surface area contributed by atoms with E-state index in [2.05, 4.69) is 5.32 Å². The predicted molar refractivity (Wildman–Crippen MR) is 99.6 cm³/mol. The smallest absolute Gasteiger partial charge is 0.228 e. The van der Waals surface area contributed by atoms with Crippen molar-refractivity contribution in [2.75, 3.05) is 12.4 Å². The van der Waals surface area contributed by atoms with Gasteiger partial charge >= 0.3 is 0 Å². The molecular formula is C21H22N2O3. The molecule has 2 amide bonds. The van der Waals surface area contributed by atoms with Gasteiger partial charge < -0.3 is 10.2 Å². The molecule has 2 atom stereocenters. The Morgan fingerprint density at radius 2 is 1.65 bits per heavy atom. The van der Waals surface area contributed by atoms with Crippen molar-refractivity contribution in [3.05, 3.63) is 65.7 Å². The van der Waals surface area contributed by atoms with E-state index >= 15 is 0 Å². The van der Waals surface area contributed by atoms with Crippen molar-refractivity contribution >= 4 is 23.3 Å². The molecule has 3 rings (SSSR count). The molecule has 1 aliphatic carbocycles. The first-order valence-corrected chi connectivity index (χ1v) is 8.66. The van der Waals surface area contributed by atoms with Crippen molar-refractivity contribution in [1.29, 1.82) is 0 Å². The highest BCUT2D eigenvalue weighted by Crippen LogP contribution is 2.40. The molecule has 0 heterocycles. The van der Waals surface area contributed by atoms with Crippen molar-refractivity contribution in [3.63, 3.8) is 0 Å². The van der Waals surface area contributed by atoms with Gasteiger partial charge in [0.2, 0.25) is 11.8 Å². The molecule has 2 aromatic carbocycles. The zero-order chi connectivity index (χ0) is 18.7. The summed E-state index contributed by atoms with van der Waals surface area (Å²) in [5, 5.41) is 2.82. The summed E-state index contributed by atoms with van der Waals surface area (Å²) in [6, 6.07) is 16.6. The fourth-order valence-electron chi connectivity index (χ4n) is 3.00. The number of nitrogens with zero attached hydrogens (tertiary/aromatic N) is 1. The van der Waals surface area contributed by atoms with Gasteiger partial charge in [0.25, 0.3) is 0 Å². The highest BCUT2D eigenvalue weighted by atomic mass is 16.2. The molecule has 2 aromatic rings. The van der Waals surface area contributed by atoms with Crippen LogP contribution in [0.5, 0.6) is 0 Å². The van der Waals surface area contributed by atoms with Gasteiger partial charge in [0.15, 0.2) is 5.78 Å². The van der Waals surface area contributed by atoms with Crippen molar-refractivity contribution in [2.45, 2.75) is 19.9 Å². The normalized spacial score (nSPS) is 18.1. The zero-order valence-electron chi connectivity index (χ0n) is 14.9. The monoisotopic (exact) mass is 350 g/mol. The largest absolute Gasteiger partial charge is 0.341 e. The maximum absolute atomic E-state index is 12.5. The second-order valence-electron chi connectivity index (χ2n) is 6.75. The Labute approximate surface area is 153 Å². The maximum Gasteiger partial charge on any atom is 0.228 e. The molecule has 5 nitrogen and oxygen atoms in total. The van der Waals surface area contributed by atoms with E-state index in [1.807, 2.05) is 30.3 Å². The average molecular weight is 350 g/mol. The van der Waals surface area contributed by atoms with Crippen molar-refractivity contribution in [3.8, 4) is 0 Å². The summed E-state index contributed by atoms with van der Waals surface area (Å²) in [5.41, 5.74) is 2.30. The summed E-state index contributed by atoms with van der Waals surface area (Å²) in [6.07, 6.45) is 0.579. The lowest BCUT2D eigenvalue weighted by atomic mass is 10.1. The second kappa shape index (κ2) is 7.52. The molecule has 0 aromatic heterocycles. The van der Waals surface area contributed by atoms with E-state index in [-0.39, 0.29) is 29.4 Å². The Kier molecular flexibility index (Phi) is 5.16. The number of carbonyl (C=O) groups excluding carboxylic acids is 3. The van der Waals surface area contributed by atoms with Crippen LogP contribution in [-0.4, -0.2) is 29.5 Å². The average Bonchev–Trinajstić information content (AvgIpc) is 3.43. The van der Waals surface area contributed by atoms with Crippen LogP contribution in [0.15, 0.2) is 54.6 Å². The lowest BCUT2D eigenvalue weighted by Crippen LogP contribution is -2.29. The molecule has 0 aliphatic heterocycles. The van der Waals surface area contributed by atoms with Gasteiger partial charge in [-0.1, -0.05) is 30.3 Å². The fraction of sp³-hybridized carbons (Fsp3) is 0.286. The quantitative estimate of drug-likeness (QED) is 0.814. The highest BCUT2D eigenvalue weighted by Gasteiger charge is 2.49. The fourth-order valence-corrected chi connectivity index (χ4v) is 3.00. The molecule has 0 spiro atoms. The Hall–Kier alpha value is -2.95. The second-order valence-corrected chi connectivity index (χ2v) is 6.75. The number of nitrogens with one attached hydrogen (secondary N) is 1. The van der Waals surface area contributed by atoms with E-state index in [0.29, 0.717) is 24.2 Å². The summed E-state index contributed by atoms with van der Waals surface area (Å²) < 4.78 is 0. The molecule has 26 heavy (non-hydrogen) atoms. The van der Waals surface area contributed by atoms with E-state index < -0.39 is 0 Å². The molecule has 0 bridgehead atoms. The first kappa shape index (κ1) is 17.9. The SMILES string of the molecule is CC(=O)c1ccc(NC(=O)C2CC2C(=O)N(C)Cc2ccccc2)cc1. The number of hydrogen-bond acceptors (Lipinski definition) is 3. The number of amides is 2. The van der Waals surface area contributed by atoms with Crippen LogP contribution >= 0.6 is 0 Å². The minimum absolute atomic E-state index is 0.000862. The van der Waals surface area contributed by atoms with E-state index in [0.717, 1.165) is 5.56 Å². The molecule has 1 aliphatic rings. The summed E-state index contributed by atoms with van der Waals surface area (Å²) in [4.78, 5) is 37.8. The van der Waals surface area contributed by atoms with E-state index in [9.17, 15) is 14.4 Å². The van der Waals surface area contributed by atoms with Gasteiger partial charge in [0.05, 0.1) is 11.8 Å². The molecular weight excluding hydrogens is 328 g/mol. The third-order valence-electron chi connectivity index (χ3n) is 4.64. The van der Waals surface area contributed by atoms with Crippen molar-refractivity contribution in [1.82, 2.24) is 4.90 Å². The number of hydrogen-bond donors (Lipinski definition) is 1. The van der Waals surface area contributed by atoms with Crippen LogP contribution in [0.4, 0.5) is 5.69 Å². The lowest BCUT2D eigenvalue weighted by molar-refractivity contribution is -0.133. The number of carbonyl (C=O) groups is 3. The Morgan fingerprint density at radius 1 is 1.00 bits per heavy atom. The summed E-state index contributed by atoms with van der Waals surface area (Å²) in [7, 11) is 1.77. The van der Waals surface area contributed by atoms with Crippen LogP contribution in [0.25, 0.3) is 0 Å². The molecule has 2 unspecified atom stereocenters. The standard InChI is InChI=1S/C21H22N2O3/c1-14(24)16-8-10-17(11-9-16)22-20(25)18-12-19(18)21(26)23(2)13-15-6-4-3-5-7-15/h3-11,18-19H,12-13H2,1-2H3,(H,22,25). The Balaban J connectivity index is 1.53. The Morgan fingerprint density at radius 3 is 2.27 bits per heavy atom. The zero-order valence-corrected chi connectivity index (χ0v) is 14.9. The number of Topliss-reactive ketones (excluding diaryl/α,β-unsaturated/α-hetero) is 1. The van der Waals surface area contributed by atoms with E-state index in [1.165, 1.54) is 6.92 Å². The van der Waals surface area contributed by atoms with Gasteiger partial charge in [-0.25, -0.2) is 0 Å². The minimum atomic E-state index is -0.284. The van der Waals surface area contributed by atoms with E-state index in [1.54, 1.807) is 36.2 Å². The van der Waals surface area contributed by atoms with Crippen LogP contribution in [0.2, 0.25) is 0 Å². The maximum atomic E-state index is 12.5. The van der Waals surface area contributed by atoms with Crippen LogP contribution in [0.1, 0.15) is 29.3 Å². The molecule has 5 heteroatoms. The predicted octanol–water partition coefficient (Wildman–Crippen LogP) is 3.12. The third kappa shape index (κ3) is 4.17. The number of benzene rings is 2. The minimum Gasteiger partial charge on any atom is -0.341 e. The highest BCUT2D eigenvalue weighted by molar-refractivity contribution is 6.00. The topological polar surface area (TPSA) is 66.5 Å². The number of ketones is 1. The van der Waals surface area contributed by atoms with Crippen molar-refractivity contribution in [2.24, 2.45) is 11.8 Å². The molecule has 1 fully saturated rings. The van der Waals surface area contributed by atoms with Crippen LogP contribution in [0.3, 0.4) is 0 Å². The van der Waals surface area contributed by atoms with Crippen LogP contribution < -0.4 is 5.32 Å². The lowest BCUT2D eigenvalue weighted by Gasteiger charge is -2.17. The summed E-state index contributed by atoms with van der Waals surface area (Å²) in [6.45, 7) is 2.04. The van der Waals surface area contributed by atoms with Crippen molar-refractivity contribution < 1.29 is 14.4 Å². The number of rotatable bonds is 6. The van der Waals surface area contributed by atoms with E-state index in [4.69, 9.17) is 0 Å². The van der Waals surface area contributed by atoms with Crippen LogP contribution in [0, 0.1) is 11.8 Å². The third-order valence-corrected chi connectivity index (χ3v) is 4.64. The Bertz CT molecular complexity index is 815. The molecule has 134 valence electrons. The summed E-state index contributed by atoms with van der Waals surface area (Å²) >= 11 is 0. The first-order valence-electron chi connectivity index (χ1n) is 8.66. The van der Waals surface area contributed by atoms with Gasteiger partial charge in [-0.3, -0.25) is 14.4 Å². The molecule has 0 saturated heterocycles. The molecule has 1 N–H and O–H groups in total. The first-order chi connectivity index (χ1) is 12.5. The molecule has 0 radical (unpaired) electrons. The number of anilines is 1. The van der Waals surface area contributed by atoms with Gasteiger partial charge in [0.1, 0.15) is 0 Å². The van der Waals surface area contributed by atoms with Gasteiger partial charge in [-0.15, -0.1) is 0 Å². The van der Waals surface area contributed by atoms with Gasteiger partial charge in [0, 0.05) is 24.8 Å². The van der Waals surface area contributed by atoms with Crippen LogP contribution in [-0.2, 0) is 16.1 Å². The van der Waals surface area contributed by atoms with Gasteiger partial charge in [-0.2, -0.15) is 0 Å². The van der Waals surface area contributed by atoms with Gasteiger partial charge in [-0.05, 0) is 43.2 Å². The molecule has 1 saturated carbocycles.